The molecule has 0 radical (unpaired) electrons. The number of rotatable bonds is 6. The first kappa shape index (κ1) is 13.5. The summed E-state index contributed by atoms with van der Waals surface area (Å²) in [6, 6.07) is 7.80. The predicted molar refractivity (Wildman–Crippen MR) is 72.0 cm³/mol. The Bertz CT molecular complexity index is 382. The zero-order chi connectivity index (χ0) is 12.7. The lowest BCUT2D eigenvalue weighted by atomic mass is 10.0. The van der Waals surface area contributed by atoms with Crippen LogP contribution < -0.4 is 4.74 Å². The number of aliphatic hydroxyl groups is 1. The highest BCUT2D eigenvalue weighted by atomic mass is 16.5. The van der Waals surface area contributed by atoms with E-state index in [2.05, 4.69) is 6.58 Å². The van der Waals surface area contributed by atoms with Crippen LogP contribution in [0, 0.1) is 5.92 Å². The van der Waals surface area contributed by atoms with Crippen molar-refractivity contribution in [1.82, 2.24) is 0 Å². The Morgan fingerprint density at radius 2 is 2.12 bits per heavy atom. The smallest absolute Gasteiger partial charge is 0.126 e. The Labute approximate surface area is 103 Å². The second-order valence-electron chi connectivity index (χ2n) is 4.04. The van der Waals surface area contributed by atoms with Crippen LogP contribution in [-0.4, -0.2) is 18.3 Å². The minimum Gasteiger partial charge on any atom is -0.496 e. The third-order valence-electron chi connectivity index (χ3n) is 2.79. The highest BCUT2D eigenvalue weighted by molar-refractivity contribution is 5.57. The molecule has 0 aliphatic heterocycles. The van der Waals surface area contributed by atoms with Gasteiger partial charge >= 0.3 is 0 Å². The van der Waals surface area contributed by atoms with Gasteiger partial charge in [0, 0.05) is 5.56 Å². The standard InChI is InChI=1S/C15H20O2/c1-4-12(2)14(16)10-7-9-13-8-5-6-11-15(13)17-3/h4-9,11-12,14,16H,1,10H2,2-3H3/b9-7+/t12-,14-/m1/s1. The maximum Gasteiger partial charge on any atom is 0.126 e. The van der Waals surface area contributed by atoms with Gasteiger partial charge in [-0.3, -0.25) is 0 Å². The number of aliphatic hydroxyl groups excluding tert-OH is 1. The minimum atomic E-state index is -0.376. The molecule has 2 heteroatoms. The average Bonchev–Trinajstić information content (AvgIpc) is 2.38. The summed E-state index contributed by atoms with van der Waals surface area (Å²) in [6.07, 6.45) is 5.94. The van der Waals surface area contributed by atoms with Crippen LogP contribution in [-0.2, 0) is 0 Å². The van der Waals surface area contributed by atoms with Gasteiger partial charge in [0.05, 0.1) is 13.2 Å². The van der Waals surface area contributed by atoms with E-state index < -0.39 is 0 Å². The second kappa shape index (κ2) is 6.92. The molecule has 0 saturated carbocycles. The van der Waals surface area contributed by atoms with Gasteiger partial charge in [0.15, 0.2) is 0 Å². The molecule has 1 rings (SSSR count). The highest BCUT2D eigenvalue weighted by Gasteiger charge is 2.08. The van der Waals surface area contributed by atoms with Crippen LogP contribution in [0.1, 0.15) is 18.9 Å². The molecule has 1 aromatic rings. The van der Waals surface area contributed by atoms with Gasteiger partial charge in [-0.1, -0.05) is 43.4 Å². The lowest BCUT2D eigenvalue weighted by Crippen LogP contribution is -2.13. The molecule has 0 saturated heterocycles. The Balaban J connectivity index is 2.62. The van der Waals surface area contributed by atoms with Gasteiger partial charge in [0.1, 0.15) is 5.75 Å². The molecule has 0 aliphatic rings. The van der Waals surface area contributed by atoms with Crippen molar-refractivity contribution < 1.29 is 9.84 Å². The van der Waals surface area contributed by atoms with E-state index in [-0.39, 0.29) is 12.0 Å². The van der Waals surface area contributed by atoms with E-state index in [1.165, 1.54) is 0 Å². The molecule has 0 aromatic heterocycles. The molecule has 2 nitrogen and oxygen atoms in total. The first-order valence-electron chi connectivity index (χ1n) is 5.79. The fourth-order valence-electron chi connectivity index (χ4n) is 1.51. The number of methoxy groups -OCH3 is 1. The Hall–Kier alpha value is -1.54. The predicted octanol–water partition coefficient (Wildman–Crippen LogP) is 3.28. The minimum absolute atomic E-state index is 0.109. The number of hydrogen-bond donors (Lipinski definition) is 1. The fraction of sp³-hybridized carbons (Fsp3) is 0.333. The van der Waals surface area contributed by atoms with Crippen LogP contribution in [0.3, 0.4) is 0 Å². The lowest BCUT2D eigenvalue weighted by Gasteiger charge is -2.12. The third-order valence-corrected chi connectivity index (χ3v) is 2.79. The van der Waals surface area contributed by atoms with Crippen LogP contribution in [0.4, 0.5) is 0 Å². The van der Waals surface area contributed by atoms with Gasteiger partial charge in [0.2, 0.25) is 0 Å². The Morgan fingerprint density at radius 1 is 1.41 bits per heavy atom. The first-order valence-corrected chi connectivity index (χ1v) is 5.79. The molecule has 1 N–H and O–H groups in total. The Morgan fingerprint density at radius 3 is 2.76 bits per heavy atom. The monoisotopic (exact) mass is 232 g/mol. The summed E-state index contributed by atoms with van der Waals surface area (Å²) in [6.45, 7) is 5.62. The molecule has 2 atom stereocenters. The van der Waals surface area contributed by atoms with E-state index in [0.717, 1.165) is 11.3 Å². The van der Waals surface area contributed by atoms with Crippen LogP contribution in [0.2, 0.25) is 0 Å². The molecule has 92 valence electrons. The highest BCUT2D eigenvalue weighted by Crippen LogP contribution is 2.19. The van der Waals surface area contributed by atoms with Gasteiger partial charge in [-0.2, -0.15) is 0 Å². The molecule has 1 aromatic carbocycles. The van der Waals surface area contributed by atoms with Crippen LogP contribution in [0.5, 0.6) is 5.75 Å². The van der Waals surface area contributed by atoms with E-state index in [4.69, 9.17) is 4.74 Å². The van der Waals surface area contributed by atoms with Gasteiger partial charge in [-0.25, -0.2) is 0 Å². The van der Waals surface area contributed by atoms with Gasteiger partial charge in [-0.05, 0) is 18.4 Å². The molecule has 0 spiro atoms. The normalized spacial score (nSPS) is 14.5. The quantitative estimate of drug-likeness (QED) is 0.763. The van der Waals surface area contributed by atoms with Crippen LogP contribution >= 0.6 is 0 Å². The number of benzene rings is 1. The summed E-state index contributed by atoms with van der Waals surface area (Å²) in [4.78, 5) is 0. The zero-order valence-electron chi connectivity index (χ0n) is 10.5. The summed E-state index contributed by atoms with van der Waals surface area (Å²) < 4.78 is 5.24. The largest absolute Gasteiger partial charge is 0.496 e. The summed E-state index contributed by atoms with van der Waals surface area (Å²) in [5.74, 6) is 0.951. The van der Waals surface area contributed by atoms with E-state index in [1.54, 1.807) is 13.2 Å². The van der Waals surface area contributed by atoms with Crippen molar-refractivity contribution in [2.75, 3.05) is 7.11 Å². The van der Waals surface area contributed by atoms with Crippen molar-refractivity contribution in [1.29, 1.82) is 0 Å². The molecule has 0 fully saturated rings. The fourth-order valence-corrected chi connectivity index (χ4v) is 1.51. The van der Waals surface area contributed by atoms with Gasteiger partial charge in [0.25, 0.3) is 0 Å². The van der Waals surface area contributed by atoms with Crippen molar-refractivity contribution in [3.8, 4) is 5.75 Å². The number of hydrogen-bond acceptors (Lipinski definition) is 2. The first-order chi connectivity index (χ1) is 8.19. The van der Waals surface area contributed by atoms with Crippen molar-refractivity contribution in [3.63, 3.8) is 0 Å². The SMILES string of the molecule is C=C[C@@H](C)[C@H](O)C/C=C/c1ccccc1OC. The summed E-state index contributed by atoms with van der Waals surface area (Å²) in [7, 11) is 1.65. The maximum atomic E-state index is 9.77. The maximum absolute atomic E-state index is 9.77. The molecule has 0 unspecified atom stereocenters. The summed E-state index contributed by atoms with van der Waals surface area (Å²) in [5.41, 5.74) is 1.02. The molecule has 0 heterocycles. The molecular weight excluding hydrogens is 212 g/mol. The van der Waals surface area contributed by atoms with E-state index in [9.17, 15) is 5.11 Å². The van der Waals surface area contributed by atoms with E-state index in [0.29, 0.717) is 6.42 Å². The molecule has 17 heavy (non-hydrogen) atoms. The number of para-hydroxylation sites is 1. The van der Waals surface area contributed by atoms with Crippen LogP contribution in [0.25, 0.3) is 6.08 Å². The average molecular weight is 232 g/mol. The van der Waals surface area contributed by atoms with Gasteiger partial charge in [-0.15, -0.1) is 6.58 Å². The second-order valence-corrected chi connectivity index (χ2v) is 4.04. The molecule has 0 bridgehead atoms. The van der Waals surface area contributed by atoms with Crippen molar-refractivity contribution in [2.24, 2.45) is 5.92 Å². The van der Waals surface area contributed by atoms with Crippen LogP contribution in [0.15, 0.2) is 43.0 Å². The molecule has 0 aliphatic carbocycles. The third kappa shape index (κ3) is 4.08. The van der Waals surface area contributed by atoms with Crippen molar-refractivity contribution in [3.05, 3.63) is 48.6 Å². The summed E-state index contributed by atoms with van der Waals surface area (Å²) in [5, 5.41) is 9.77. The lowest BCUT2D eigenvalue weighted by molar-refractivity contribution is 0.141. The molecule has 0 amide bonds. The Kier molecular flexibility index (Phi) is 5.50. The van der Waals surface area contributed by atoms with E-state index >= 15 is 0 Å². The molecular formula is C15H20O2. The van der Waals surface area contributed by atoms with Crippen molar-refractivity contribution >= 4 is 6.08 Å². The van der Waals surface area contributed by atoms with Crippen molar-refractivity contribution in [2.45, 2.75) is 19.4 Å². The van der Waals surface area contributed by atoms with E-state index in [1.807, 2.05) is 43.3 Å². The topological polar surface area (TPSA) is 29.5 Å². The summed E-state index contributed by atoms with van der Waals surface area (Å²) >= 11 is 0. The van der Waals surface area contributed by atoms with Gasteiger partial charge < -0.3 is 9.84 Å². The number of ether oxygens (including phenoxy) is 1. The zero-order valence-corrected chi connectivity index (χ0v) is 10.5.